The number of urea groups is 1. The van der Waals surface area contributed by atoms with Gasteiger partial charge in [0.15, 0.2) is 0 Å². The van der Waals surface area contributed by atoms with E-state index in [4.69, 9.17) is 4.52 Å². The molecule has 6 heteroatoms. The van der Waals surface area contributed by atoms with Gasteiger partial charge in [-0.1, -0.05) is 47.1 Å². The number of carbonyl (C=O) groups is 1. The summed E-state index contributed by atoms with van der Waals surface area (Å²) >= 11 is 0. The first kappa shape index (κ1) is 17.7. The molecule has 6 nitrogen and oxygen atoms in total. The van der Waals surface area contributed by atoms with Crippen LogP contribution in [0.15, 0.2) is 53.1 Å². The number of para-hydroxylation sites is 1. The summed E-state index contributed by atoms with van der Waals surface area (Å²) in [5, 5.41) is 6.95. The van der Waals surface area contributed by atoms with Crippen molar-refractivity contribution in [3.8, 4) is 11.4 Å². The minimum Gasteiger partial charge on any atom is -0.337 e. The molecule has 0 aliphatic heterocycles. The molecule has 0 fully saturated rings. The van der Waals surface area contributed by atoms with Gasteiger partial charge < -0.3 is 14.7 Å². The topological polar surface area (TPSA) is 71.3 Å². The maximum Gasteiger partial charge on any atom is 0.322 e. The van der Waals surface area contributed by atoms with Crippen molar-refractivity contribution in [3.05, 3.63) is 65.5 Å². The van der Waals surface area contributed by atoms with E-state index in [1.165, 1.54) is 0 Å². The highest BCUT2D eigenvalue weighted by Crippen LogP contribution is 2.18. The zero-order chi connectivity index (χ0) is 18.5. The summed E-state index contributed by atoms with van der Waals surface area (Å²) in [5.41, 5.74) is 3.83. The largest absolute Gasteiger partial charge is 0.337 e. The summed E-state index contributed by atoms with van der Waals surface area (Å²) < 4.78 is 5.33. The van der Waals surface area contributed by atoms with Crippen molar-refractivity contribution in [2.24, 2.45) is 0 Å². The quantitative estimate of drug-likeness (QED) is 0.740. The molecule has 0 saturated heterocycles. The first-order valence-electron chi connectivity index (χ1n) is 8.58. The molecule has 0 unspecified atom stereocenters. The maximum atomic E-state index is 12.5. The smallest absolute Gasteiger partial charge is 0.322 e. The lowest BCUT2D eigenvalue weighted by Crippen LogP contribution is -2.34. The normalized spacial score (nSPS) is 10.6. The predicted octanol–water partition coefficient (Wildman–Crippen LogP) is 4.41. The van der Waals surface area contributed by atoms with Crippen LogP contribution in [0.25, 0.3) is 11.4 Å². The first-order valence-corrected chi connectivity index (χ1v) is 8.58. The number of amides is 2. The minimum absolute atomic E-state index is 0.197. The molecule has 0 saturated carbocycles. The van der Waals surface area contributed by atoms with Crippen molar-refractivity contribution < 1.29 is 9.32 Å². The Bertz CT molecular complexity index is 904. The third kappa shape index (κ3) is 4.08. The number of aryl methyl sites for hydroxylation is 2. The van der Waals surface area contributed by atoms with Gasteiger partial charge in [0.05, 0.1) is 0 Å². The molecule has 0 aliphatic carbocycles. The molecule has 0 atom stereocenters. The molecule has 134 valence electrons. The van der Waals surface area contributed by atoms with Crippen molar-refractivity contribution in [2.45, 2.75) is 27.3 Å². The summed E-state index contributed by atoms with van der Waals surface area (Å²) in [6.07, 6.45) is 0. The van der Waals surface area contributed by atoms with E-state index < -0.39 is 0 Å². The molecule has 0 radical (unpaired) electrons. The number of hydrogen-bond donors (Lipinski definition) is 1. The van der Waals surface area contributed by atoms with Gasteiger partial charge in [0.2, 0.25) is 11.7 Å². The van der Waals surface area contributed by atoms with Crippen LogP contribution in [0.3, 0.4) is 0 Å². The molecule has 0 bridgehead atoms. The molecule has 2 amide bonds. The fourth-order valence-corrected chi connectivity index (χ4v) is 2.62. The summed E-state index contributed by atoms with van der Waals surface area (Å²) in [5.74, 6) is 0.933. The van der Waals surface area contributed by atoms with Crippen molar-refractivity contribution >= 4 is 11.7 Å². The molecule has 26 heavy (non-hydrogen) atoms. The van der Waals surface area contributed by atoms with E-state index in [0.717, 1.165) is 22.4 Å². The average molecular weight is 350 g/mol. The average Bonchev–Trinajstić information content (AvgIpc) is 3.10. The Morgan fingerprint density at radius 3 is 2.69 bits per heavy atom. The number of nitrogens with zero attached hydrogens (tertiary/aromatic N) is 3. The highest BCUT2D eigenvalue weighted by molar-refractivity contribution is 5.90. The Balaban J connectivity index is 1.70. The van der Waals surface area contributed by atoms with Crippen LogP contribution in [0.4, 0.5) is 10.5 Å². The number of benzene rings is 2. The Morgan fingerprint density at radius 2 is 1.96 bits per heavy atom. The molecule has 3 aromatic rings. The Labute approximate surface area is 152 Å². The van der Waals surface area contributed by atoms with Gasteiger partial charge >= 0.3 is 6.03 Å². The Hall–Kier alpha value is -3.15. The Kier molecular flexibility index (Phi) is 5.31. The van der Waals surface area contributed by atoms with E-state index in [1.54, 1.807) is 4.90 Å². The summed E-state index contributed by atoms with van der Waals surface area (Å²) in [7, 11) is 0. The molecule has 1 N–H and O–H groups in total. The van der Waals surface area contributed by atoms with E-state index in [0.29, 0.717) is 18.3 Å². The molecule has 2 aromatic carbocycles. The molecular formula is C20H22N4O2. The van der Waals surface area contributed by atoms with Crippen LogP contribution in [0.1, 0.15) is 23.9 Å². The second-order valence-corrected chi connectivity index (χ2v) is 6.14. The van der Waals surface area contributed by atoms with Crippen LogP contribution < -0.4 is 5.32 Å². The molecule has 3 rings (SSSR count). The number of anilines is 1. The van der Waals surface area contributed by atoms with E-state index in [-0.39, 0.29) is 12.6 Å². The predicted molar refractivity (Wildman–Crippen MR) is 101 cm³/mol. The van der Waals surface area contributed by atoms with Crippen molar-refractivity contribution in [1.82, 2.24) is 15.0 Å². The third-order valence-electron chi connectivity index (χ3n) is 4.13. The van der Waals surface area contributed by atoms with Gasteiger partial charge in [0, 0.05) is 17.8 Å². The van der Waals surface area contributed by atoms with Crippen LogP contribution in [-0.2, 0) is 6.54 Å². The van der Waals surface area contributed by atoms with Crippen molar-refractivity contribution in [2.75, 3.05) is 11.9 Å². The third-order valence-corrected chi connectivity index (χ3v) is 4.13. The van der Waals surface area contributed by atoms with Crippen LogP contribution >= 0.6 is 0 Å². The number of nitrogens with one attached hydrogen (secondary N) is 1. The summed E-state index contributed by atoms with van der Waals surface area (Å²) in [4.78, 5) is 18.6. The lowest BCUT2D eigenvalue weighted by atomic mass is 10.1. The van der Waals surface area contributed by atoms with Crippen LogP contribution in [0.2, 0.25) is 0 Å². The monoisotopic (exact) mass is 350 g/mol. The van der Waals surface area contributed by atoms with Crippen molar-refractivity contribution in [3.63, 3.8) is 0 Å². The second kappa shape index (κ2) is 7.82. The van der Waals surface area contributed by atoms with Gasteiger partial charge in [0.25, 0.3) is 0 Å². The van der Waals surface area contributed by atoms with Crippen LogP contribution in [-0.4, -0.2) is 27.6 Å². The van der Waals surface area contributed by atoms with E-state index in [2.05, 4.69) is 15.5 Å². The van der Waals surface area contributed by atoms with Crippen molar-refractivity contribution in [1.29, 1.82) is 0 Å². The fraction of sp³-hybridized carbons (Fsp3) is 0.250. The molecule has 0 spiro atoms. The lowest BCUT2D eigenvalue weighted by molar-refractivity contribution is 0.203. The standard InChI is InChI=1S/C20H22N4O2/c1-4-24(20(25)21-17-11-6-5-9-15(17)3)13-18-22-19(23-26-18)16-10-7-8-14(2)12-16/h5-12H,4,13H2,1-3H3,(H,21,25). The molecule has 1 aromatic heterocycles. The minimum atomic E-state index is -0.197. The first-order chi connectivity index (χ1) is 12.6. The molecule has 1 heterocycles. The summed E-state index contributed by atoms with van der Waals surface area (Å²) in [6, 6.07) is 15.4. The number of aromatic nitrogens is 2. The van der Waals surface area contributed by atoms with Gasteiger partial charge in [-0.25, -0.2) is 4.79 Å². The number of hydrogen-bond acceptors (Lipinski definition) is 4. The summed E-state index contributed by atoms with van der Waals surface area (Å²) in [6.45, 7) is 6.67. The van der Waals surface area contributed by atoms with E-state index in [1.807, 2.05) is 69.3 Å². The van der Waals surface area contributed by atoms with E-state index in [9.17, 15) is 4.79 Å². The van der Waals surface area contributed by atoms with Gasteiger partial charge in [-0.2, -0.15) is 4.98 Å². The molecular weight excluding hydrogens is 328 g/mol. The highest BCUT2D eigenvalue weighted by atomic mass is 16.5. The maximum absolute atomic E-state index is 12.5. The highest BCUT2D eigenvalue weighted by Gasteiger charge is 2.17. The van der Waals surface area contributed by atoms with Gasteiger partial charge in [-0.15, -0.1) is 0 Å². The van der Waals surface area contributed by atoms with Crippen LogP contribution in [0.5, 0.6) is 0 Å². The zero-order valence-electron chi connectivity index (χ0n) is 15.2. The van der Waals surface area contributed by atoms with Gasteiger partial charge in [0.1, 0.15) is 6.54 Å². The lowest BCUT2D eigenvalue weighted by Gasteiger charge is -2.20. The van der Waals surface area contributed by atoms with E-state index >= 15 is 0 Å². The fourth-order valence-electron chi connectivity index (χ4n) is 2.62. The second-order valence-electron chi connectivity index (χ2n) is 6.14. The van der Waals surface area contributed by atoms with Gasteiger partial charge in [-0.05, 0) is 38.5 Å². The number of rotatable bonds is 5. The zero-order valence-corrected chi connectivity index (χ0v) is 15.2. The SMILES string of the molecule is CCN(Cc1nc(-c2cccc(C)c2)no1)C(=O)Nc1ccccc1C. The van der Waals surface area contributed by atoms with Gasteiger partial charge in [-0.3, -0.25) is 0 Å². The van der Waals surface area contributed by atoms with Crippen LogP contribution in [0, 0.1) is 13.8 Å². The Morgan fingerprint density at radius 1 is 1.15 bits per heavy atom. The number of carbonyl (C=O) groups excluding carboxylic acids is 1. The molecule has 0 aliphatic rings.